The molecule has 4 heteroatoms. The summed E-state index contributed by atoms with van der Waals surface area (Å²) >= 11 is 0. The average Bonchev–Trinajstić information content (AvgIpc) is 2.59. The Kier molecular flexibility index (Phi) is 1.04. The van der Waals surface area contributed by atoms with Crippen LogP contribution >= 0.6 is 0 Å². The summed E-state index contributed by atoms with van der Waals surface area (Å²) in [6.07, 6.45) is 6.66. The maximum Gasteiger partial charge on any atom is 0.276 e. The summed E-state index contributed by atoms with van der Waals surface area (Å²) < 4.78 is 4.75. The summed E-state index contributed by atoms with van der Waals surface area (Å²) in [5, 5.41) is 7.41. The van der Waals surface area contributed by atoms with Gasteiger partial charge in [0, 0.05) is 6.20 Å². The Morgan fingerprint density at radius 2 is 2.40 bits per heavy atom. The van der Waals surface area contributed by atoms with E-state index in [1.165, 1.54) is 6.33 Å². The quantitative estimate of drug-likeness (QED) is 0.563. The number of allylic oxidation sites excluding steroid dienone is 2. The zero-order chi connectivity index (χ0) is 6.81. The number of aromatic nitrogens is 2. The summed E-state index contributed by atoms with van der Waals surface area (Å²) in [6.45, 7) is 0. The van der Waals surface area contributed by atoms with Gasteiger partial charge in [-0.15, -0.1) is 0 Å². The van der Waals surface area contributed by atoms with E-state index in [9.17, 15) is 0 Å². The molecule has 1 radical (unpaired) electrons. The minimum Gasteiger partial charge on any atom is -0.333 e. The van der Waals surface area contributed by atoms with Gasteiger partial charge in [-0.2, -0.15) is 4.98 Å². The third-order valence-corrected chi connectivity index (χ3v) is 1.13. The van der Waals surface area contributed by atoms with Crippen molar-refractivity contribution in [1.29, 1.82) is 0 Å². The molecule has 0 N–H and O–H groups in total. The Morgan fingerprint density at radius 3 is 3.00 bits per heavy atom. The average molecular weight is 134 g/mol. The molecule has 0 atom stereocenters. The molecule has 0 spiro atoms. The first kappa shape index (κ1) is 5.22. The third-order valence-electron chi connectivity index (χ3n) is 1.13. The largest absolute Gasteiger partial charge is 0.333 e. The number of nitrogens with zero attached hydrogens (tertiary/aromatic N) is 3. The molecule has 0 unspecified atom stereocenters. The number of hydrogen-bond donors (Lipinski definition) is 0. The van der Waals surface area contributed by atoms with Crippen molar-refractivity contribution in [2.75, 3.05) is 0 Å². The van der Waals surface area contributed by atoms with Gasteiger partial charge in [0.2, 0.25) is 0 Å². The van der Waals surface area contributed by atoms with Crippen molar-refractivity contribution in [1.82, 2.24) is 15.5 Å². The second-order valence-corrected chi connectivity index (χ2v) is 1.77. The highest BCUT2D eigenvalue weighted by Crippen LogP contribution is 2.11. The normalized spacial score (nSPS) is 15.0. The second kappa shape index (κ2) is 1.98. The van der Waals surface area contributed by atoms with Crippen LogP contribution in [0.1, 0.15) is 5.89 Å². The fourth-order valence-corrected chi connectivity index (χ4v) is 0.713. The first-order chi connectivity index (χ1) is 4.97. The zero-order valence-corrected chi connectivity index (χ0v) is 5.06. The van der Waals surface area contributed by atoms with E-state index in [2.05, 4.69) is 15.5 Å². The van der Waals surface area contributed by atoms with E-state index in [4.69, 9.17) is 4.52 Å². The molecule has 1 aromatic rings. The van der Waals surface area contributed by atoms with Crippen LogP contribution in [0.2, 0.25) is 0 Å². The lowest BCUT2D eigenvalue weighted by Gasteiger charge is -1.88. The van der Waals surface area contributed by atoms with E-state index in [0.717, 1.165) is 5.70 Å². The van der Waals surface area contributed by atoms with Crippen LogP contribution in [-0.4, -0.2) is 10.1 Å². The summed E-state index contributed by atoms with van der Waals surface area (Å²) in [5.74, 6) is 0.463. The lowest BCUT2D eigenvalue weighted by Crippen LogP contribution is -1.90. The van der Waals surface area contributed by atoms with Gasteiger partial charge >= 0.3 is 0 Å². The molecule has 2 rings (SSSR count). The van der Waals surface area contributed by atoms with Gasteiger partial charge in [0.15, 0.2) is 6.33 Å². The van der Waals surface area contributed by atoms with Gasteiger partial charge in [-0.25, -0.2) is 0 Å². The highest BCUT2D eigenvalue weighted by atomic mass is 16.5. The Labute approximate surface area is 57.2 Å². The monoisotopic (exact) mass is 134 g/mol. The molecular weight excluding hydrogens is 130 g/mol. The van der Waals surface area contributed by atoms with Gasteiger partial charge in [0.1, 0.15) is 5.70 Å². The molecule has 0 saturated heterocycles. The van der Waals surface area contributed by atoms with Gasteiger partial charge in [0.25, 0.3) is 5.89 Å². The molecule has 2 heterocycles. The maximum atomic E-state index is 4.75. The molecule has 49 valence electrons. The van der Waals surface area contributed by atoms with Crippen LogP contribution in [0, 0.1) is 0 Å². The molecule has 0 saturated carbocycles. The van der Waals surface area contributed by atoms with Gasteiger partial charge in [-0.3, -0.25) is 5.32 Å². The standard InChI is InChI=1S/C6H4N3O/c1-2-5(7-3-1)6-8-4-9-10-6/h1-4H. The molecule has 1 aliphatic rings. The van der Waals surface area contributed by atoms with E-state index in [1.807, 2.05) is 12.2 Å². The highest BCUT2D eigenvalue weighted by Gasteiger charge is 2.08. The van der Waals surface area contributed by atoms with Crippen molar-refractivity contribution >= 4 is 5.70 Å². The van der Waals surface area contributed by atoms with Crippen molar-refractivity contribution in [3.05, 3.63) is 30.6 Å². The van der Waals surface area contributed by atoms with E-state index >= 15 is 0 Å². The smallest absolute Gasteiger partial charge is 0.276 e. The van der Waals surface area contributed by atoms with E-state index < -0.39 is 0 Å². The molecular formula is C6H4N3O. The Morgan fingerprint density at radius 1 is 1.40 bits per heavy atom. The summed E-state index contributed by atoms with van der Waals surface area (Å²) in [7, 11) is 0. The van der Waals surface area contributed by atoms with Crippen LogP contribution in [0.3, 0.4) is 0 Å². The van der Waals surface area contributed by atoms with Crippen LogP contribution in [0.15, 0.2) is 29.2 Å². The lowest BCUT2D eigenvalue weighted by atomic mass is 10.4. The van der Waals surface area contributed by atoms with Crippen molar-refractivity contribution in [2.45, 2.75) is 0 Å². The molecule has 10 heavy (non-hydrogen) atoms. The third kappa shape index (κ3) is 0.699. The molecule has 0 fully saturated rings. The number of hydrogen-bond acceptors (Lipinski definition) is 3. The van der Waals surface area contributed by atoms with Gasteiger partial charge in [-0.05, 0) is 12.2 Å². The van der Waals surface area contributed by atoms with Gasteiger partial charge in [-0.1, -0.05) is 5.16 Å². The van der Waals surface area contributed by atoms with Crippen molar-refractivity contribution in [3.63, 3.8) is 0 Å². The van der Waals surface area contributed by atoms with Crippen molar-refractivity contribution in [3.8, 4) is 0 Å². The lowest BCUT2D eigenvalue weighted by molar-refractivity contribution is 0.404. The molecule has 0 aromatic carbocycles. The molecule has 1 aromatic heterocycles. The van der Waals surface area contributed by atoms with E-state index in [-0.39, 0.29) is 0 Å². The Balaban J connectivity index is 2.30. The molecule has 4 nitrogen and oxygen atoms in total. The summed E-state index contributed by atoms with van der Waals surface area (Å²) in [4.78, 5) is 3.82. The van der Waals surface area contributed by atoms with Crippen molar-refractivity contribution in [2.24, 2.45) is 0 Å². The predicted molar refractivity (Wildman–Crippen MR) is 33.5 cm³/mol. The predicted octanol–water partition coefficient (Wildman–Crippen LogP) is 0.542. The van der Waals surface area contributed by atoms with Crippen LogP contribution in [0.5, 0.6) is 0 Å². The minimum absolute atomic E-state index is 0.463. The van der Waals surface area contributed by atoms with Gasteiger partial charge < -0.3 is 4.52 Å². The van der Waals surface area contributed by atoms with E-state index in [0.29, 0.717) is 5.89 Å². The maximum absolute atomic E-state index is 4.75. The zero-order valence-electron chi connectivity index (χ0n) is 5.06. The molecule has 0 aliphatic carbocycles. The SMILES string of the molecule is C1=C[N]C(c2ncno2)=C1. The first-order valence-corrected chi connectivity index (χ1v) is 2.81. The highest BCUT2D eigenvalue weighted by molar-refractivity contribution is 5.61. The minimum atomic E-state index is 0.463. The first-order valence-electron chi connectivity index (χ1n) is 2.81. The fourth-order valence-electron chi connectivity index (χ4n) is 0.713. The fraction of sp³-hybridized carbons (Fsp3) is 0. The summed E-state index contributed by atoms with van der Waals surface area (Å²) in [6, 6.07) is 0. The second-order valence-electron chi connectivity index (χ2n) is 1.77. The summed E-state index contributed by atoms with van der Waals surface area (Å²) in [5.41, 5.74) is 0.720. The van der Waals surface area contributed by atoms with Gasteiger partial charge in [0.05, 0.1) is 0 Å². The van der Waals surface area contributed by atoms with Crippen LogP contribution in [0.4, 0.5) is 0 Å². The van der Waals surface area contributed by atoms with Crippen molar-refractivity contribution < 1.29 is 4.52 Å². The topological polar surface area (TPSA) is 53.0 Å². The van der Waals surface area contributed by atoms with Crippen LogP contribution in [-0.2, 0) is 0 Å². The molecule has 0 amide bonds. The number of rotatable bonds is 1. The van der Waals surface area contributed by atoms with Crippen LogP contribution in [0.25, 0.3) is 5.70 Å². The Hall–Kier alpha value is -1.58. The van der Waals surface area contributed by atoms with Crippen LogP contribution < -0.4 is 5.32 Å². The molecule has 1 aliphatic heterocycles. The molecule has 0 bridgehead atoms. The Bertz CT molecular complexity index is 273. The van der Waals surface area contributed by atoms with E-state index in [1.54, 1.807) is 6.20 Å².